The van der Waals surface area contributed by atoms with Crippen LogP contribution in [0.3, 0.4) is 0 Å². The molecule has 1 aromatic carbocycles. The predicted octanol–water partition coefficient (Wildman–Crippen LogP) is 2.90. The number of benzene rings is 1. The molecule has 2 heterocycles. The molecule has 0 saturated carbocycles. The van der Waals surface area contributed by atoms with E-state index < -0.39 is 0 Å². The van der Waals surface area contributed by atoms with Gasteiger partial charge >= 0.3 is 0 Å². The van der Waals surface area contributed by atoms with Crippen molar-refractivity contribution in [3.8, 4) is 5.75 Å². The van der Waals surface area contributed by atoms with E-state index in [1.807, 2.05) is 38.1 Å². The van der Waals surface area contributed by atoms with Crippen molar-refractivity contribution in [2.75, 3.05) is 26.2 Å². The van der Waals surface area contributed by atoms with E-state index in [1.54, 1.807) is 0 Å². The molecule has 0 unspecified atom stereocenters. The summed E-state index contributed by atoms with van der Waals surface area (Å²) in [4.78, 5) is 14.8. The molecular formula is C19H29ClN2O2. The van der Waals surface area contributed by atoms with Crippen LogP contribution >= 0.6 is 12.4 Å². The van der Waals surface area contributed by atoms with Gasteiger partial charge in [-0.1, -0.05) is 18.2 Å². The SMILES string of the molecule is CC(C)Oc1ccccc1CC(=O)N1CC[C@@H]2CNC[C@@H]2CC1.Cl. The van der Waals surface area contributed by atoms with Crippen molar-refractivity contribution in [2.45, 2.75) is 39.2 Å². The number of halogens is 1. The molecule has 1 aromatic rings. The van der Waals surface area contributed by atoms with E-state index in [-0.39, 0.29) is 24.4 Å². The molecule has 2 saturated heterocycles. The summed E-state index contributed by atoms with van der Waals surface area (Å²) in [6, 6.07) is 7.91. The van der Waals surface area contributed by atoms with Crippen LogP contribution in [0.2, 0.25) is 0 Å². The fraction of sp³-hybridized carbons (Fsp3) is 0.632. The molecule has 2 aliphatic rings. The Morgan fingerprint density at radius 1 is 1.21 bits per heavy atom. The Labute approximate surface area is 151 Å². The smallest absolute Gasteiger partial charge is 0.227 e. The van der Waals surface area contributed by atoms with Crippen LogP contribution in [-0.2, 0) is 11.2 Å². The Balaban J connectivity index is 0.00000208. The third-order valence-electron chi connectivity index (χ3n) is 5.05. The second kappa shape index (κ2) is 8.72. The Kier molecular flexibility index (Phi) is 6.93. The van der Waals surface area contributed by atoms with Gasteiger partial charge in [0.1, 0.15) is 5.75 Å². The number of likely N-dealkylation sites (tertiary alicyclic amines) is 1. The van der Waals surface area contributed by atoms with Gasteiger partial charge in [-0.15, -0.1) is 12.4 Å². The Bertz CT molecular complexity index is 536. The molecule has 2 fully saturated rings. The second-order valence-electron chi connectivity index (χ2n) is 7.09. The molecule has 0 bridgehead atoms. The molecule has 2 atom stereocenters. The van der Waals surface area contributed by atoms with Crippen molar-refractivity contribution < 1.29 is 9.53 Å². The van der Waals surface area contributed by atoms with E-state index in [9.17, 15) is 4.79 Å². The van der Waals surface area contributed by atoms with Gasteiger partial charge in [-0.3, -0.25) is 4.79 Å². The van der Waals surface area contributed by atoms with Gasteiger partial charge in [0.2, 0.25) is 5.91 Å². The minimum Gasteiger partial charge on any atom is -0.491 e. The molecular weight excluding hydrogens is 324 g/mol. The van der Waals surface area contributed by atoms with Gasteiger partial charge in [-0.05, 0) is 57.7 Å². The number of hydrogen-bond donors (Lipinski definition) is 1. The molecule has 0 spiro atoms. The molecule has 0 aliphatic carbocycles. The molecule has 2 aliphatic heterocycles. The van der Waals surface area contributed by atoms with E-state index in [2.05, 4.69) is 10.2 Å². The van der Waals surface area contributed by atoms with Crippen LogP contribution in [0, 0.1) is 11.8 Å². The van der Waals surface area contributed by atoms with Crippen LogP contribution in [-0.4, -0.2) is 43.1 Å². The summed E-state index contributed by atoms with van der Waals surface area (Å²) >= 11 is 0. The molecule has 0 radical (unpaired) electrons. The van der Waals surface area contributed by atoms with E-state index in [0.29, 0.717) is 6.42 Å². The first-order valence-corrected chi connectivity index (χ1v) is 8.86. The van der Waals surface area contributed by atoms with E-state index in [0.717, 1.165) is 62.2 Å². The topological polar surface area (TPSA) is 41.6 Å². The van der Waals surface area contributed by atoms with Crippen LogP contribution in [0.25, 0.3) is 0 Å². The first-order valence-electron chi connectivity index (χ1n) is 8.86. The number of carbonyl (C=O) groups excluding carboxylic acids is 1. The lowest BCUT2D eigenvalue weighted by molar-refractivity contribution is -0.130. The summed E-state index contributed by atoms with van der Waals surface area (Å²) in [5.41, 5.74) is 0.998. The molecule has 24 heavy (non-hydrogen) atoms. The zero-order valence-corrected chi connectivity index (χ0v) is 15.5. The van der Waals surface area contributed by atoms with Crippen LogP contribution < -0.4 is 10.1 Å². The van der Waals surface area contributed by atoms with Crippen molar-refractivity contribution in [1.82, 2.24) is 10.2 Å². The number of para-hydroxylation sites is 1. The standard InChI is InChI=1S/C19H28N2O2.ClH/c1-14(2)23-18-6-4-3-5-15(18)11-19(22)21-9-7-16-12-20-13-17(16)8-10-21;/h3-6,14,16-17,20H,7-13H2,1-2H3;1H/t16-,17+;. The quantitative estimate of drug-likeness (QED) is 0.905. The Hall–Kier alpha value is -1.26. The minimum absolute atomic E-state index is 0. The van der Waals surface area contributed by atoms with Gasteiger partial charge in [0.15, 0.2) is 0 Å². The number of carbonyl (C=O) groups is 1. The average molecular weight is 353 g/mol. The largest absolute Gasteiger partial charge is 0.491 e. The lowest BCUT2D eigenvalue weighted by Gasteiger charge is -2.22. The fourth-order valence-electron chi connectivity index (χ4n) is 3.76. The van der Waals surface area contributed by atoms with Crippen molar-refractivity contribution in [1.29, 1.82) is 0 Å². The lowest BCUT2D eigenvalue weighted by Crippen LogP contribution is -2.34. The van der Waals surface area contributed by atoms with E-state index >= 15 is 0 Å². The fourth-order valence-corrected chi connectivity index (χ4v) is 3.76. The Morgan fingerprint density at radius 2 is 1.83 bits per heavy atom. The highest BCUT2D eigenvalue weighted by Gasteiger charge is 2.31. The summed E-state index contributed by atoms with van der Waals surface area (Å²) in [6.45, 7) is 8.07. The summed E-state index contributed by atoms with van der Waals surface area (Å²) in [6.07, 6.45) is 2.83. The maximum Gasteiger partial charge on any atom is 0.227 e. The van der Waals surface area contributed by atoms with Crippen molar-refractivity contribution in [3.63, 3.8) is 0 Å². The number of amides is 1. The first kappa shape index (κ1) is 19.1. The predicted molar refractivity (Wildman–Crippen MR) is 98.8 cm³/mol. The molecule has 3 rings (SSSR count). The molecule has 0 aromatic heterocycles. The molecule has 5 heteroatoms. The van der Waals surface area contributed by atoms with Crippen LogP contribution in [0.4, 0.5) is 0 Å². The van der Waals surface area contributed by atoms with Gasteiger partial charge < -0.3 is 15.0 Å². The highest BCUT2D eigenvalue weighted by atomic mass is 35.5. The van der Waals surface area contributed by atoms with Gasteiger partial charge in [-0.2, -0.15) is 0 Å². The van der Waals surface area contributed by atoms with Crippen LogP contribution in [0.15, 0.2) is 24.3 Å². The van der Waals surface area contributed by atoms with Crippen LogP contribution in [0.5, 0.6) is 5.75 Å². The highest BCUT2D eigenvalue weighted by Crippen LogP contribution is 2.28. The third-order valence-corrected chi connectivity index (χ3v) is 5.05. The van der Waals surface area contributed by atoms with Gasteiger partial charge in [0.05, 0.1) is 12.5 Å². The van der Waals surface area contributed by atoms with Crippen molar-refractivity contribution >= 4 is 18.3 Å². The number of nitrogens with zero attached hydrogens (tertiary/aromatic N) is 1. The zero-order valence-electron chi connectivity index (χ0n) is 14.7. The zero-order chi connectivity index (χ0) is 16.2. The van der Waals surface area contributed by atoms with Crippen molar-refractivity contribution in [2.24, 2.45) is 11.8 Å². The third kappa shape index (κ3) is 4.64. The summed E-state index contributed by atoms with van der Waals surface area (Å²) in [5, 5.41) is 3.48. The second-order valence-corrected chi connectivity index (χ2v) is 7.09. The Morgan fingerprint density at radius 3 is 2.46 bits per heavy atom. The van der Waals surface area contributed by atoms with E-state index in [1.165, 1.54) is 0 Å². The maximum absolute atomic E-state index is 12.7. The van der Waals surface area contributed by atoms with Gasteiger partial charge in [-0.25, -0.2) is 0 Å². The summed E-state index contributed by atoms with van der Waals surface area (Å²) in [7, 11) is 0. The summed E-state index contributed by atoms with van der Waals surface area (Å²) < 4.78 is 5.84. The maximum atomic E-state index is 12.7. The number of rotatable bonds is 4. The molecule has 1 N–H and O–H groups in total. The number of fused-ring (bicyclic) bond motifs is 1. The van der Waals surface area contributed by atoms with E-state index in [4.69, 9.17) is 4.74 Å². The molecule has 134 valence electrons. The molecule has 1 amide bonds. The normalized spacial score (nSPS) is 23.4. The number of nitrogens with one attached hydrogen (secondary N) is 1. The summed E-state index contributed by atoms with van der Waals surface area (Å²) in [5.74, 6) is 2.58. The average Bonchev–Trinajstić information content (AvgIpc) is 2.87. The highest BCUT2D eigenvalue weighted by molar-refractivity contribution is 5.85. The monoisotopic (exact) mass is 352 g/mol. The van der Waals surface area contributed by atoms with Gasteiger partial charge in [0, 0.05) is 18.7 Å². The first-order chi connectivity index (χ1) is 11.1. The number of ether oxygens (including phenoxy) is 1. The van der Waals surface area contributed by atoms with Gasteiger partial charge in [0.25, 0.3) is 0 Å². The minimum atomic E-state index is 0. The lowest BCUT2D eigenvalue weighted by atomic mass is 9.92. The number of hydrogen-bond acceptors (Lipinski definition) is 3. The van der Waals surface area contributed by atoms with Crippen molar-refractivity contribution in [3.05, 3.63) is 29.8 Å². The molecule has 4 nitrogen and oxygen atoms in total. The van der Waals surface area contributed by atoms with Crippen LogP contribution in [0.1, 0.15) is 32.3 Å².